The van der Waals surface area contributed by atoms with Crippen molar-refractivity contribution in [3.05, 3.63) is 23.4 Å². The first-order valence-electron chi connectivity index (χ1n) is 9.11. The number of alkyl halides is 2. The SMILES string of the molecule is CC(Nc1ccc2c(c1)OCCn1c-2nc(N2C(=O)OC[C@H]2C(F)F)c1Cl)C(N)=O. The number of rotatable bonds is 5. The van der Waals surface area contributed by atoms with Crippen LogP contribution in [0.4, 0.5) is 25.1 Å². The molecule has 2 aliphatic rings. The van der Waals surface area contributed by atoms with Crippen LogP contribution in [-0.2, 0) is 16.1 Å². The zero-order valence-corrected chi connectivity index (χ0v) is 16.5. The molecule has 1 aromatic carbocycles. The number of carbonyl (C=O) groups excluding carboxylic acids is 2. The monoisotopic (exact) mass is 441 g/mol. The Labute approximate surface area is 174 Å². The van der Waals surface area contributed by atoms with E-state index in [4.69, 9.17) is 26.8 Å². The van der Waals surface area contributed by atoms with Crippen molar-refractivity contribution in [1.29, 1.82) is 0 Å². The maximum absolute atomic E-state index is 13.4. The Morgan fingerprint density at radius 2 is 2.17 bits per heavy atom. The summed E-state index contributed by atoms with van der Waals surface area (Å²) in [5.41, 5.74) is 6.43. The fraction of sp³-hybridized carbons (Fsp3) is 0.389. The first-order valence-corrected chi connectivity index (χ1v) is 9.49. The third-order valence-electron chi connectivity index (χ3n) is 4.92. The molecule has 0 bridgehead atoms. The van der Waals surface area contributed by atoms with E-state index in [9.17, 15) is 18.4 Å². The minimum atomic E-state index is -2.81. The molecule has 1 saturated heterocycles. The molecule has 0 aliphatic carbocycles. The predicted octanol–water partition coefficient (Wildman–Crippen LogP) is 2.47. The molecule has 3 heterocycles. The molecule has 1 unspecified atom stereocenters. The number of hydrogen-bond donors (Lipinski definition) is 2. The number of halogens is 3. The first-order chi connectivity index (χ1) is 14.3. The Kier molecular flexibility index (Phi) is 5.14. The molecule has 12 heteroatoms. The summed E-state index contributed by atoms with van der Waals surface area (Å²) in [7, 11) is 0. The Morgan fingerprint density at radius 3 is 2.87 bits per heavy atom. The molecule has 160 valence electrons. The van der Waals surface area contributed by atoms with Gasteiger partial charge in [0.2, 0.25) is 5.91 Å². The maximum Gasteiger partial charge on any atom is 0.416 e. The number of carbonyl (C=O) groups is 2. The number of aromatic nitrogens is 2. The molecule has 4 rings (SSSR count). The van der Waals surface area contributed by atoms with Gasteiger partial charge in [-0.25, -0.2) is 23.5 Å². The quantitative estimate of drug-likeness (QED) is 0.737. The molecule has 2 aliphatic heterocycles. The largest absolute Gasteiger partial charge is 0.491 e. The van der Waals surface area contributed by atoms with Gasteiger partial charge in [-0.05, 0) is 19.1 Å². The van der Waals surface area contributed by atoms with E-state index in [1.54, 1.807) is 29.7 Å². The number of nitrogens with zero attached hydrogens (tertiary/aromatic N) is 3. The second-order valence-electron chi connectivity index (χ2n) is 6.88. The van der Waals surface area contributed by atoms with Gasteiger partial charge in [0.25, 0.3) is 6.43 Å². The van der Waals surface area contributed by atoms with E-state index < -0.39 is 37.1 Å². The Morgan fingerprint density at radius 1 is 1.40 bits per heavy atom. The minimum absolute atomic E-state index is 0.0375. The van der Waals surface area contributed by atoms with Crippen LogP contribution in [0, 0.1) is 0 Å². The number of primary amides is 1. The molecule has 1 fully saturated rings. The van der Waals surface area contributed by atoms with Crippen LogP contribution in [0.1, 0.15) is 6.92 Å². The number of cyclic esters (lactones) is 1. The van der Waals surface area contributed by atoms with Gasteiger partial charge in [0, 0.05) is 11.8 Å². The van der Waals surface area contributed by atoms with E-state index >= 15 is 0 Å². The number of hydrogen-bond acceptors (Lipinski definition) is 6. The van der Waals surface area contributed by atoms with E-state index in [1.165, 1.54) is 0 Å². The van der Waals surface area contributed by atoms with Crippen LogP contribution in [0.3, 0.4) is 0 Å². The molecule has 30 heavy (non-hydrogen) atoms. The predicted molar refractivity (Wildman–Crippen MR) is 104 cm³/mol. The van der Waals surface area contributed by atoms with Gasteiger partial charge >= 0.3 is 6.09 Å². The number of nitrogens with two attached hydrogens (primary N) is 1. The number of nitrogens with one attached hydrogen (secondary N) is 1. The lowest BCUT2D eigenvalue weighted by Crippen LogP contribution is -2.39. The summed E-state index contributed by atoms with van der Waals surface area (Å²) in [5, 5.41) is 3.00. The third kappa shape index (κ3) is 3.38. The van der Waals surface area contributed by atoms with Gasteiger partial charge in [-0.3, -0.25) is 4.79 Å². The van der Waals surface area contributed by atoms with E-state index in [0.717, 1.165) is 4.90 Å². The highest BCUT2D eigenvalue weighted by atomic mass is 35.5. The van der Waals surface area contributed by atoms with E-state index in [-0.39, 0.29) is 17.6 Å². The van der Waals surface area contributed by atoms with E-state index in [0.29, 0.717) is 29.4 Å². The lowest BCUT2D eigenvalue weighted by Gasteiger charge is -2.18. The molecule has 0 spiro atoms. The summed E-state index contributed by atoms with van der Waals surface area (Å²) < 4.78 is 38.9. The van der Waals surface area contributed by atoms with E-state index in [2.05, 4.69) is 10.3 Å². The van der Waals surface area contributed by atoms with Crippen LogP contribution in [0.15, 0.2) is 18.2 Å². The van der Waals surface area contributed by atoms with Crippen molar-refractivity contribution in [2.75, 3.05) is 23.4 Å². The maximum atomic E-state index is 13.4. The second kappa shape index (κ2) is 7.63. The summed E-state index contributed by atoms with van der Waals surface area (Å²) in [5.74, 6) is 0.226. The Balaban J connectivity index is 1.74. The first kappa shape index (κ1) is 20.2. The van der Waals surface area contributed by atoms with Crippen LogP contribution in [0.2, 0.25) is 5.15 Å². The van der Waals surface area contributed by atoms with Crippen molar-refractivity contribution < 1.29 is 27.8 Å². The number of benzene rings is 1. The summed E-state index contributed by atoms with van der Waals surface area (Å²) in [4.78, 5) is 28.5. The molecule has 2 amide bonds. The standard InChI is InChI=1S/C18H18ClF2N5O4/c1-8(15(22)27)23-9-2-3-10-12(6-9)29-5-4-25-13(19)17(24-16(10)25)26-11(14(20)21)7-30-18(26)28/h2-3,6,8,11,14,23H,4-5,7H2,1H3,(H2,22,27)/t8?,11-/m0/s1. The molecule has 2 atom stereocenters. The highest BCUT2D eigenvalue weighted by Gasteiger charge is 2.43. The van der Waals surface area contributed by atoms with Crippen molar-refractivity contribution in [3.63, 3.8) is 0 Å². The fourth-order valence-corrected chi connectivity index (χ4v) is 3.63. The van der Waals surface area contributed by atoms with Crippen LogP contribution >= 0.6 is 11.6 Å². The fourth-order valence-electron chi connectivity index (χ4n) is 3.33. The van der Waals surface area contributed by atoms with Crippen molar-refractivity contribution in [2.45, 2.75) is 32.0 Å². The van der Waals surface area contributed by atoms with Gasteiger partial charge in [0.15, 0.2) is 11.0 Å². The average Bonchev–Trinajstić information content (AvgIpc) is 3.16. The lowest BCUT2D eigenvalue weighted by atomic mass is 10.1. The second-order valence-corrected chi connectivity index (χ2v) is 7.24. The van der Waals surface area contributed by atoms with Crippen LogP contribution in [-0.4, -0.2) is 53.3 Å². The summed E-state index contributed by atoms with van der Waals surface area (Å²) in [6.07, 6.45) is -3.74. The molecular formula is C18H18ClF2N5O4. The van der Waals surface area contributed by atoms with Gasteiger partial charge < -0.3 is 25.1 Å². The third-order valence-corrected chi connectivity index (χ3v) is 5.29. The summed E-state index contributed by atoms with van der Waals surface area (Å²) in [6.45, 7) is 1.70. The minimum Gasteiger partial charge on any atom is -0.491 e. The number of anilines is 2. The number of amides is 2. The number of fused-ring (bicyclic) bond motifs is 3. The Hall–Kier alpha value is -3.08. The van der Waals surface area contributed by atoms with Crippen molar-refractivity contribution in [1.82, 2.24) is 9.55 Å². The van der Waals surface area contributed by atoms with Crippen LogP contribution in [0.5, 0.6) is 5.75 Å². The van der Waals surface area contributed by atoms with Crippen molar-refractivity contribution in [3.8, 4) is 17.1 Å². The average molecular weight is 442 g/mol. The Bertz CT molecular complexity index is 1010. The molecule has 2 aromatic rings. The summed E-state index contributed by atoms with van der Waals surface area (Å²) in [6, 6.07) is 3.02. The molecule has 3 N–H and O–H groups in total. The lowest BCUT2D eigenvalue weighted by molar-refractivity contribution is -0.118. The molecule has 0 saturated carbocycles. The van der Waals surface area contributed by atoms with E-state index in [1.807, 2.05) is 0 Å². The highest BCUT2D eigenvalue weighted by Crippen LogP contribution is 2.40. The highest BCUT2D eigenvalue weighted by molar-refractivity contribution is 6.32. The molecular weight excluding hydrogens is 424 g/mol. The van der Waals surface area contributed by atoms with Gasteiger partial charge in [-0.15, -0.1) is 0 Å². The van der Waals surface area contributed by atoms with Gasteiger partial charge in [-0.2, -0.15) is 0 Å². The van der Waals surface area contributed by atoms with Gasteiger partial charge in [0.05, 0.1) is 12.1 Å². The molecule has 9 nitrogen and oxygen atoms in total. The van der Waals surface area contributed by atoms with Crippen LogP contribution < -0.4 is 20.7 Å². The smallest absolute Gasteiger partial charge is 0.416 e. The zero-order valence-electron chi connectivity index (χ0n) is 15.8. The van der Waals surface area contributed by atoms with Gasteiger partial charge in [0.1, 0.15) is 36.9 Å². The number of ether oxygens (including phenoxy) is 2. The van der Waals surface area contributed by atoms with Crippen molar-refractivity contribution >= 4 is 35.1 Å². The molecule has 0 radical (unpaired) electrons. The topological polar surface area (TPSA) is 112 Å². The normalized spacial score (nSPS) is 18.9. The summed E-state index contributed by atoms with van der Waals surface area (Å²) >= 11 is 6.42. The molecule has 1 aromatic heterocycles. The number of imidazole rings is 1. The van der Waals surface area contributed by atoms with Gasteiger partial charge in [-0.1, -0.05) is 11.6 Å². The van der Waals surface area contributed by atoms with Crippen molar-refractivity contribution in [2.24, 2.45) is 5.73 Å². The zero-order chi connectivity index (χ0) is 21.6. The van der Waals surface area contributed by atoms with Crippen LogP contribution in [0.25, 0.3) is 11.4 Å².